The highest BCUT2D eigenvalue weighted by atomic mass is 28.4. The van der Waals surface area contributed by atoms with E-state index in [9.17, 15) is 4.79 Å². The van der Waals surface area contributed by atoms with Crippen LogP contribution in [0.4, 0.5) is 0 Å². The molecule has 3 atom stereocenters. The molecule has 0 amide bonds. The van der Waals surface area contributed by atoms with Crippen molar-refractivity contribution in [2.45, 2.75) is 108 Å². The molecule has 4 nitrogen and oxygen atoms in total. The molecule has 1 spiro atoms. The van der Waals surface area contributed by atoms with E-state index < -0.39 is 16.8 Å². The Balaban J connectivity index is 2.35. The van der Waals surface area contributed by atoms with Crippen molar-refractivity contribution in [3.8, 4) is 0 Å². The van der Waals surface area contributed by atoms with Crippen LogP contribution in [0.3, 0.4) is 0 Å². The van der Waals surface area contributed by atoms with Crippen LogP contribution >= 0.6 is 0 Å². The van der Waals surface area contributed by atoms with Crippen LogP contribution in [0.2, 0.25) is 27.7 Å². The summed E-state index contributed by atoms with van der Waals surface area (Å²) in [6, 6.07) is 0. The molecule has 3 rings (SSSR count). The van der Waals surface area contributed by atoms with E-state index in [2.05, 4.69) is 72.3 Å². The predicted octanol–water partition coefficient (Wildman–Crippen LogP) is 5.67. The normalized spacial score (nSPS) is 35.2. The molecular formula is C20H37NO3Si2. The van der Waals surface area contributed by atoms with E-state index in [1.54, 1.807) is 0 Å². The minimum absolute atomic E-state index is 0.0127. The molecule has 2 saturated heterocycles. The van der Waals surface area contributed by atoms with Gasteiger partial charge in [0.2, 0.25) is 8.32 Å². The summed E-state index contributed by atoms with van der Waals surface area (Å²) in [5.41, 5.74) is 1.13. The van der Waals surface area contributed by atoms with Crippen LogP contribution in [0.25, 0.3) is 0 Å². The van der Waals surface area contributed by atoms with Gasteiger partial charge in [0.1, 0.15) is 5.54 Å². The van der Waals surface area contributed by atoms with Crippen molar-refractivity contribution in [1.82, 2.24) is 4.73 Å². The van der Waals surface area contributed by atoms with Crippen molar-refractivity contribution in [2.24, 2.45) is 0 Å². The van der Waals surface area contributed by atoms with Gasteiger partial charge in [0.05, 0.1) is 5.54 Å². The molecule has 2 fully saturated rings. The Kier molecular flexibility index (Phi) is 5.13. The van der Waals surface area contributed by atoms with Gasteiger partial charge in [-0.1, -0.05) is 67.5 Å². The highest BCUT2D eigenvalue weighted by Gasteiger charge is 2.78. The van der Waals surface area contributed by atoms with Crippen LogP contribution in [0.15, 0.2) is 12.2 Å². The lowest BCUT2D eigenvalue weighted by Gasteiger charge is -2.62. The lowest BCUT2D eigenvalue weighted by molar-refractivity contribution is -0.164. The van der Waals surface area contributed by atoms with Crippen molar-refractivity contribution in [3.63, 3.8) is 0 Å². The molecule has 6 heteroatoms. The van der Waals surface area contributed by atoms with Gasteiger partial charge < -0.3 is 8.95 Å². The highest BCUT2D eigenvalue weighted by molar-refractivity contribution is 6.92. The quantitative estimate of drug-likeness (QED) is 0.454. The first-order valence-electron chi connectivity index (χ1n) is 10.5. The Hall–Kier alpha value is -0.436. The maximum absolute atomic E-state index is 13.4. The van der Waals surface area contributed by atoms with Gasteiger partial charge in [-0.05, 0) is 41.4 Å². The van der Waals surface area contributed by atoms with Gasteiger partial charge in [0.25, 0.3) is 0 Å². The number of hydroxylamine groups is 1. The molecule has 0 aromatic carbocycles. The fraction of sp³-hybridized carbons (Fsp3) is 0.850. The second-order valence-electron chi connectivity index (χ2n) is 9.75. The van der Waals surface area contributed by atoms with E-state index in [0.717, 1.165) is 19.3 Å². The van der Waals surface area contributed by atoms with Gasteiger partial charge in [-0.2, -0.15) is 0 Å². The van der Waals surface area contributed by atoms with E-state index >= 15 is 0 Å². The second-order valence-corrected chi connectivity index (χ2v) is 19.4. The van der Waals surface area contributed by atoms with Gasteiger partial charge >= 0.3 is 14.4 Å². The minimum atomic E-state index is -2.49. The Labute approximate surface area is 161 Å². The zero-order valence-electron chi connectivity index (χ0n) is 17.8. The van der Waals surface area contributed by atoms with Crippen molar-refractivity contribution >= 4 is 22.8 Å². The first kappa shape index (κ1) is 20.3. The summed E-state index contributed by atoms with van der Waals surface area (Å²) in [6.45, 7) is 18.2. The second kappa shape index (κ2) is 6.57. The third-order valence-corrected chi connectivity index (χ3v) is 19.6. The molecule has 3 unspecified atom stereocenters. The fourth-order valence-electron chi connectivity index (χ4n) is 6.13. The fourth-order valence-corrected chi connectivity index (χ4v) is 20.8. The average Bonchev–Trinajstić information content (AvgIpc) is 2.74. The lowest BCUT2D eigenvalue weighted by atomic mass is 9.85. The number of rotatable bonds is 4. The van der Waals surface area contributed by atoms with Gasteiger partial charge in [-0.25, -0.2) is 0 Å². The van der Waals surface area contributed by atoms with E-state index in [4.69, 9.17) is 8.95 Å². The molecule has 2 bridgehead atoms. The summed E-state index contributed by atoms with van der Waals surface area (Å²) >= 11 is 0. The molecule has 2 aliphatic heterocycles. The summed E-state index contributed by atoms with van der Waals surface area (Å²) in [5.74, 6) is -0.0127. The number of nitrogens with zero attached hydrogens (tertiary/aromatic N) is 1. The number of carbonyl (C=O) groups is 1. The van der Waals surface area contributed by atoms with Crippen molar-refractivity contribution in [3.05, 3.63) is 12.2 Å². The summed E-state index contributed by atoms with van der Waals surface area (Å²) in [5, 5.41) is 0. The van der Waals surface area contributed by atoms with Crippen molar-refractivity contribution < 1.29 is 13.7 Å². The third kappa shape index (κ3) is 2.34. The van der Waals surface area contributed by atoms with E-state index in [1.165, 1.54) is 0 Å². The Bertz CT molecular complexity index is 586. The van der Waals surface area contributed by atoms with E-state index in [0.29, 0.717) is 22.2 Å². The van der Waals surface area contributed by atoms with Crippen LogP contribution in [0, 0.1) is 0 Å². The number of hydrogen-bond acceptors (Lipinski definition) is 4. The molecule has 0 aromatic heterocycles. The monoisotopic (exact) mass is 395 g/mol. The minimum Gasteiger partial charge on any atom is -0.441 e. The van der Waals surface area contributed by atoms with E-state index in [-0.39, 0.29) is 17.0 Å². The Morgan fingerprint density at radius 2 is 1.62 bits per heavy atom. The molecule has 148 valence electrons. The molecule has 0 N–H and O–H groups in total. The van der Waals surface area contributed by atoms with Crippen LogP contribution in [-0.4, -0.2) is 33.0 Å². The molecule has 0 radical (unpaired) electrons. The summed E-state index contributed by atoms with van der Waals surface area (Å²) in [6.07, 6.45) is 7.88. The number of carbonyl (C=O) groups excluding carboxylic acids is 1. The van der Waals surface area contributed by atoms with Crippen LogP contribution in [0.1, 0.15) is 74.7 Å². The summed E-state index contributed by atoms with van der Waals surface area (Å²) < 4.78 is 9.58. The zero-order chi connectivity index (χ0) is 19.5. The maximum Gasteiger partial charge on any atom is 0.329 e. The van der Waals surface area contributed by atoms with Crippen molar-refractivity contribution in [1.29, 1.82) is 0 Å². The van der Waals surface area contributed by atoms with Gasteiger partial charge in [-0.15, -0.1) is 4.73 Å². The largest absolute Gasteiger partial charge is 0.441 e. The van der Waals surface area contributed by atoms with Gasteiger partial charge in [-0.3, -0.25) is 4.79 Å². The molecule has 0 aromatic rings. The topological polar surface area (TPSA) is 38.8 Å². The van der Waals surface area contributed by atoms with Crippen LogP contribution in [-0.2, 0) is 13.7 Å². The predicted molar refractivity (Wildman–Crippen MR) is 110 cm³/mol. The van der Waals surface area contributed by atoms with E-state index in [1.807, 2.05) is 0 Å². The Morgan fingerprint density at radius 1 is 1.04 bits per heavy atom. The summed E-state index contributed by atoms with van der Waals surface area (Å²) in [7, 11) is -4.90. The maximum atomic E-state index is 13.4. The molecule has 1 aliphatic carbocycles. The lowest BCUT2D eigenvalue weighted by Crippen LogP contribution is -2.77. The standard InChI is InChI=1S/C20H37NO3Si2/c1-14(2)25(15(3)4)18-19(22)23-21(20(18)12-10-9-11-13-20)26(24-25,16(5)6)17(7)8/h10,12,14-18H,9,11,13H2,1-8H3. The smallest absolute Gasteiger partial charge is 0.329 e. The Morgan fingerprint density at radius 3 is 2.04 bits per heavy atom. The zero-order valence-corrected chi connectivity index (χ0v) is 19.8. The molecule has 2 heterocycles. The highest BCUT2D eigenvalue weighted by Crippen LogP contribution is 2.64. The third-order valence-electron chi connectivity index (χ3n) is 7.22. The molecular weight excluding hydrogens is 358 g/mol. The molecule has 3 aliphatic rings. The average molecular weight is 396 g/mol. The van der Waals surface area contributed by atoms with Crippen molar-refractivity contribution in [2.75, 3.05) is 0 Å². The van der Waals surface area contributed by atoms with Crippen LogP contribution in [0.5, 0.6) is 0 Å². The first-order valence-corrected chi connectivity index (χ1v) is 14.6. The number of allylic oxidation sites excluding steroid dienone is 1. The first-order chi connectivity index (χ1) is 12.1. The van der Waals surface area contributed by atoms with Gasteiger partial charge in [0, 0.05) is 0 Å². The SMILES string of the molecule is CC(C)[Si]1(C(C)C)O[Si](C(C)C)(C(C)C)N2OC(=O)C1C21C=CCCC1. The van der Waals surface area contributed by atoms with Crippen LogP contribution < -0.4 is 0 Å². The van der Waals surface area contributed by atoms with Gasteiger partial charge in [0.15, 0.2) is 0 Å². The molecule has 26 heavy (non-hydrogen) atoms. The molecule has 0 saturated carbocycles. The number of hydrogen-bond donors (Lipinski definition) is 0. The summed E-state index contributed by atoms with van der Waals surface area (Å²) in [4.78, 5) is 19.6.